The first kappa shape index (κ1) is 13.1. The van der Waals surface area contributed by atoms with Gasteiger partial charge in [-0.1, -0.05) is 12.1 Å². The number of amides is 1. The van der Waals surface area contributed by atoms with Crippen LogP contribution < -0.4 is 11.1 Å². The highest BCUT2D eigenvalue weighted by Crippen LogP contribution is 2.09. The Morgan fingerprint density at radius 3 is 2.88 bits per heavy atom. The van der Waals surface area contributed by atoms with Gasteiger partial charge in [-0.05, 0) is 19.4 Å². The fourth-order valence-electron chi connectivity index (χ4n) is 1.45. The highest BCUT2D eigenvalue weighted by molar-refractivity contribution is 5.93. The summed E-state index contributed by atoms with van der Waals surface area (Å²) in [6.45, 7) is 3.70. The molecule has 0 aliphatic heterocycles. The van der Waals surface area contributed by atoms with Gasteiger partial charge in [0, 0.05) is 18.0 Å². The Balaban J connectivity index is 2.63. The van der Waals surface area contributed by atoms with Gasteiger partial charge >= 0.3 is 0 Å². The van der Waals surface area contributed by atoms with Gasteiger partial charge in [-0.15, -0.1) is 0 Å². The van der Waals surface area contributed by atoms with E-state index in [0.29, 0.717) is 18.6 Å². The number of nitrogens with one attached hydrogen (secondary N) is 1. The zero-order chi connectivity index (χ0) is 12.8. The van der Waals surface area contributed by atoms with Crippen molar-refractivity contribution in [3.8, 4) is 0 Å². The summed E-state index contributed by atoms with van der Waals surface area (Å²) < 4.78 is 5.08. The summed E-state index contributed by atoms with van der Waals surface area (Å²) in [5, 5.41) is 14.1. The van der Waals surface area contributed by atoms with E-state index in [1.807, 2.05) is 6.92 Å². The van der Waals surface area contributed by atoms with Gasteiger partial charge in [0.1, 0.15) is 5.84 Å². The molecule has 0 aromatic carbocycles. The molecule has 17 heavy (non-hydrogen) atoms. The molecular formula is C11H17N3O3. The molecule has 1 aromatic rings. The first-order chi connectivity index (χ1) is 8.08. The first-order valence-electron chi connectivity index (χ1n) is 5.39. The summed E-state index contributed by atoms with van der Waals surface area (Å²) in [6.07, 6.45) is 2.45. The Morgan fingerprint density at radius 2 is 2.41 bits per heavy atom. The Labute approximate surface area is 99.5 Å². The molecular weight excluding hydrogens is 222 g/mol. The van der Waals surface area contributed by atoms with Crippen LogP contribution in [-0.4, -0.2) is 23.0 Å². The van der Waals surface area contributed by atoms with Crippen molar-refractivity contribution in [2.75, 3.05) is 0 Å². The molecule has 1 amide bonds. The smallest absolute Gasteiger partial charge is 0.287 e. The van der Waals surface area contributed by atoms with Crippen LogP contribution in [0.4, 0.5) is 0 Å². The summed E-state index contributed by atoms with van der Waals surface area (Å²) in [6, 6.07) is 1.54. The number of rotatable bonds is 5. The maximum absolute atomic E-state index is 11.8. The lowest BCUT2D eigenvalue weighted by Crippen LogP contribution is -2.37. The van der Waals surface area contributed by atoms with Gasteiger partial charge in [-0.25, -0.2) is 0 Å². The van der Waals surface area contributed by atoms with Crippen molar-refractivity contribution in [1.82, 2.24) is 5.32 Å². The number of carbonyl (C=O) groups is 1. The van der Waals surface area contributed by atoms with Crippen molar-refractivity contribution >= 4 is 11.7 Å². The Hall–Kier alpha value is -1.98. The molecule has 1 atom stereocenters. The van der Waals surface area contributed by atoms with E-state index >= 15 is 0 Å². The largest absolute Gasteiger partial charge is 0.459 e. The van der Waals surface area contributed by atoms with E-state index in [2.05, 4.69) is 10.5 Å². The Kier molecular flexibility index (Phi) is 4.56. The van der Waals surface area contributed by atoms with Crippen molar-refractivity contribution in [2.24, 2.45) is 10.9 Å². The molecule has 0 radical (unpaired) electrons. The fraction of sp³-hybridized carbons (Fsp3) is 0.455. The fourth-order valence-corrected chi connectivity index (χ4v) is 1.45. The van der Waals surface area contributed by atoms with Crippen molar-refractivity contribution in [2.45, 2.75) is 32.7 Å². The predicted octanol–water partition coefficient (Wildman–Crippen LogP) is 1.23. The Morgan fingerprint density at radius 1 is 1.71 bits per heavy atom. The quantitative estimate of drug-likeness (QED) is 0.311. The number of nitrogens with two attached hydrogens (primary N) is 1. The van der Waals surface area contributed by atoms with Crippen molar-refractivity contribution < 1.29 is 14.4 Å². The van der Waals surface area contributed by atoms with Gasteiger partial charge in [0.15, 0.2) is 5.76 Å². The van der Waals surface area contributed by atoms with Crippen LogP contribution in [0, 0.1) is 6.92 Å². The molecule has 6 heteroatoms. The SMILES string of the molecule is CCC(CC(N)=NO)NC(=O)c1occc1C. The molecule has 4 N–H and O–H groups in total. The van der Waals surface area contributed by atoms with Crippen LogP contribution in [0.3, 0.4) is 0 Å². The number of furan rings is 1. The molecule has 0 bridgehead atoms. The van der Waals surface area contributed by atoms with Crippen LogP contribution in [0.5, 0.6) is 0 Å². The molecule has 1 rings (SSSR count). The summed E-state index contributed by atoms with van der Waals surface area (Å²) in [4.78, 5) is 11.8. The zero-order valence-electron chi connectivity index (χ0n) is 9.93. The highest BCUT2D eigenvalue weighted by Gasteiger charge is 2.17. The Bertz CT molecular complexity index is 412. The normalized spacial score (nSPS) is 13.4. The topological polar surface area (TPSA) is 101 Å². The van der Waals surface area contributed by atoms with E-state index in [4.69, 9.17) is 15.4 Å². The molecule has 94 valence electrons. The first-order valence-corrected chi connectivity index (χ1v) is 5.39. The molecule has 1 aromatic heterocycles. The molecule has 0 saturated heterocycles. The lowest BCUT2D eigenvalue weighted by molar-refractivity contribution is 0.0908. The van der Waals surface area contributed by atoms with Gasteiger partial charge in [0.05, 0.1) is 6.26 Å². The van der Waals surface area contributed by atoms with Crippen LogP contribution >= 0.6 is 0 Å². The van der Waals surface area contributed by atoms with Gasteiger partial charge in [-0.3, -0.25) is 4.79 Å². The minimum Gasteiger partial charge on any atom is -0.459 e. The molecule has 6 nitrogen and oxygen atoms in total. The number of amidine groups is 1. The van der Waals surface area contributed by atoms with Gasteiger partial charge < -0.3 is 20.7 Å². The standard InChI is InChI=1S/C11H17N3O3/c1-3-8(6-9(12)14-16)13-11(15)10-7(2)4-5-17-10/h4-5,8,16H,3,6H2,1-2H3,(H2,12,14)(H,13,15). The molecule has 0 fully saturated rings. The van der Waals surface area contributed by atoms with Gasteiger partial charge in [0.25, 0.3) is 5.91 Å². The second-order valence-electron chi connectivity index (χ2n) is 3.81. The third kappa shape index (κ3) is 3.51. The lowest BCUT2D eigenvalue weighted by Gasteiger charge is -2.15. The number of hydrogen-bond acceptors (Lipinski definition) is 4. The van der Waals surface area contributed by atoms with Gasteiger partial charge in [0.2, 0.25) is 0 Å². The second-order valence-corrected chi connectivity index (χ2v) is 3.81. The zero-order valence-corrected chi connectivity index (χ0v) is 9.93. The van der Waals surface area contributed by atoms with E-state index < -0.39 is 0 Å². The number of hydrogen-bond donors (Lipinski definition) is 3. The monoisotopic (exact) mass is 239 g/mol. The molecule has 0 aliphatic rings. The number of aryl methyl sites for hydroxylation is 1. The number of carbonyl (C=O) groups excluding carboxylic acids is 1. The summed E-state index contributed by atoms with van der Waals surface area (Å²) >= 11 is 0. The molecule has 1 heterocycles. The van der Waals surface area contributed by atoms with Crippen LogP contribution in [0.25, 0.3) is 0 Å². The maximum Gasteiger partial charge on any atom is 0.287 e. The second kappa shape index (κ2) is 5.93. The van der Waals surface area contributed by atoms with Crippen LogP contribution in [0.2, 0.25) is 0 Å². The van der Waals surface area contributed by atoms with E-state index in [1.165, 1.54) is 6.26 Å². The lowest BCUT2D eigenvalue weighted by atomic mass is 10.1. The minimum atomic E-state index is -0.287. The predicted molar refractivity (Wildman–Crippen MR) is 63.0 cm³/mol. The minimum absolute atomic E-state index is 0.0910. The highest BCUT2D eigenvalue weighted by atomic mass is 16.4. The van der Waals surface area contributed by atoms with Crippen LogP contribution in [0.1, 0.15) is 35.9 Å². The van der Waals surface area contributed by atoms with Crippen molar-refractivity contribution in [3.05, 3.63) is 23.7 Å². The maximum atomic E-state index is 11.8. The van der Waals surface area contributed by atoms with Crippen LogP contribution in [0.15, 0.2) is 21.9 Å². The summed E-state index contributed by atoms with van der Waals surface area (Å²) in [7, 11) is 0. The van der Waals surface area contributed by atoms with Crippen molar-refractivity contribution in [3.63, 3.8) is 0 Å². The summed E-state index contributed by atoms with van der Waals surface area (Å²) in [5.74, 6) is 0.0985. The van der Waals surface area contributed by atoms with Gasteiger partial charge in [-0.2, -0.15) is 0 Å². The van der Waals surface area contributed by atoms with E-state index in [0.717, 1.165) is 5.56 Å². The number of oxime groups is 1. The van der Waals surface area contributed by atoms with Crippen molar-refractivity contribution in [1.29, 1.82) is 0 Å². The van der Waals surface area contributed by atoms with E-state index in [9.17, 15) is 4.79 Å². The van der Waals surface area contributed by atoms with Crippen LogP contribution in [-0.2, 0) is 0 Å². The molecule has 0 spiro atoms. The average molecular weight is 239 g/mol. The van der Waals surface area contributed by atoms with E-state index in [1.54, 1.807) is 13.0 Å². The molecule has 1 unspecified atom stereocenters. The third-order valence-corrected chi connectivity index (χ3v) is 2.48. The third-order valence-electron chi connectivity index (χ3n) is 2.48. The summed E-state index contributed by atoms with van der Waals surface area (Å²) in [5.41, 5.74) is 6.18. The number of nitrogens with zero attached hydrogens (tertiary/aromatic N) is 1. The molecule has 0 saturated carbocycles. The van der Waals surface area contributed by atoms with E-state index in [-0.39, 0.29) is 17.8 Å². The average Bonchev–Trinajstić information content (AvgIpc) is 2.74. The molecule has 0 aliphatic carbocycles.